The highest BCUT2D eigenvalue weighted by molar-refractivity contribution is 9.10. The number of benzene rings is 1. The Morgan fingerprint density at radius 2 is 2.09 bits per heavy atom. The molecule has 2 rings (SSSR count). The van der Waals surface area contributed by atoms with E-state index >= 15 is 0 Å². The second kappa shape index (κ2) is 9.67. The minimum absolute atomic E-state index is 0.106. The van der Waals surface area contributed by atoms with Crippen molar-refractivity contribution in [3.8, 4) is 0 Å². The van der Waals surface area contributed by atoms with Gasteiger partial charge in [0.15, 0.2) is 0 Å². The molecule has 2 aromatic rings. The molecule has 0 spiro atoms. The van der Waals surface area contributed by atoms with Crippen LogP contribution >= 0.6 is 27.3 Å². The summed E-state index contributed by atoms with van der Waals surface area (Å²) in [5.74, 6) is 0. The number of nitrogens with one attached hydrogen (secondary N) is 2. The highest BCUT2D eigenvalue weighted by Crippen LogP contribution is 2.12. The van der Waals surface area contributed by atoms with E-state index in [4.69, 9.17) is 0 Å². The van der Waals surface area contributed by atoms with Crippen LogP contribution in [0.4, 0.5) is 4.79 Å². The third-order valence-electron chi connectivity index (χ3n) is 3.39. The van der Waals surface area contributed by atoms with Crippen LogP contribution in [-0.2, 0) is 19.3 Å². The Morgan fingerprint density at radius 1 is 1.26 bits per heavy atom. The summed E-state index contributed by atoms with van der Waals surface area (Å²) in [7, 11) is 0. The minimum Gasteiger partial charge on any atom is -0.338 e. The number of hydrogen-bond acceptors (Lipinski definition) is 3. The Hall–Kier alpha value is -1.40. The molecule has 124 valence electrons. The van der Waals surface area contributed by atoms with E-state index in [9.17, 15) is 4.79 Å². The molecule has 0 bridgehead atoms. The predicted octanol–water partition coefficient (Wildman–Crippen LogP) is 3.94. The van der Waals surface area contributed by atoms with Gasteiger partial charge in [-0.3, -0.25) is 0 Å². The molecule has 0 fully saturated rings. The largest absolute Gasteiger partial charge is 0.338 e. The molecule has 0 saturated carbocycles. The zero-order chi connectivity index (χ0) is 16.5. The number of halogens is 1. The maximum Gasteiger partial charge on any atom is 0.314 e. The van der Waals surface area contributed by atoms with Gasteiger partial charge >= 0.3 is 6.03 Å². The summed E-state index contributed by atoms with van der Waals surface area (Å²) in [6.45, 7) is 3.39. The lowest BCUT2D eigenvalue weighted by molar-refractivity contribution is 0.241. The van der Waals surface area contributed by atoms with Crippen molar-refractivity contribution >= 4 is 33.3 Å². The molecule has 0 aliphatic carbocycles. The first-order valence-electron chi connectivity index (χ1n) is 7.87. The quantitative estimate of drug-likeness (QED) is 0.664. The second-order valence-corrected chi connectivity index (χ2v) is 7.11. The van der Waals surface area contributed by atoms with Crippen molar-refractivity contribution in [2.45, 2.75) is 32.6 Å². The molecular weight excluding hydrogens is 374 g/mol. The topological polar surface area (TPSA) is 54.0 Å². The van der Waals surface area contributed by atoms with Gasteiger partial charge in [0.1, 0.15) is 0 Å². The number of hydrogen-bond donors (Lipinski definition) is 2. The van der Waals surface area contributed by atoms with Crippen LogP contribution in [0.25, 0.3) is 0 Å². The summed E-state index contributed by atoms with van der Waals surface area (Å²) in [5.41, 5.74) is 2.33. The van der Waals surface area contributed by atoms with Gasteiger partial charge in [0.05, 0.1) is 10.7 Å². The van der Waals surface area contributed by atoms with E-state index in [0.29, 0.717) is 13.1 Å². The van der Waals surface area contributed by atoms with E-state index in [2.05, 4.69) is 56.0 Å². The standard InChI is InChI=1S/C17H22BrN3OS/c1-2-16-21-15(12-23-16)8-10-20-17(22)19-9-4-6-13-5-3-7-14(18)11-13/h3,5,7,11-12H,2,4,6,8-10H2,1H3,(H2,19,20,22). The van der Waals surface area contributed by atoms with Gasteiger partial charge < -0.3 is 10.6 Å². The Labute approximate surface area is 149 Å². The number of urea groups is 1. The van der Waals surface area contributed by atoms with Crippen LogP contribution in [0, 0.1) is 0 Å². The molecule has 2 amide bonds. The van der Waals surface area contributed by atoms with Crippen molar-refractivity contribution in [3.63, 3.8) is 0 Å². The smallest absolute Gasteiger partial charge is 0.314 e. The van der Waals surface area contributed by atoms with Crippen LogP contribution in [0.2, 0.25) is 0 Å². The van der Waals surface area contributed by atoms with Crippen LogP contribution in [0.1, 0.15) is 29.6 Å². The molecule has 1 heterocycles. The Kier molecular flexibility index (Phi) is 7.55. The Bertz CT molecular complexity index is 630. The van der Waals surface area contributed by atoms with E-state index in [0.717, 1.165) is 40.9 Å². The molecule has 1 aromatic heterocycles. The zero-order valence-corrected chi connectivity index (χ0v) is 15.7. The molecule has 0 saturated heterocycles. The van der Waals surface area contributed by atoms with Crippen molar-refractivity contribution in [2.24, 2.45) is 0 Å². The number of aromatic nitrogens is 1. The fraction of sp³-hybridized carbons (Fsp3) is 0.412. The Morgan fingerprint density at radius 3 is 2.83 bits per heavy atom. The van der Waals surface area contributed by atoms with E-state index < -0.39 is 0 Å². The summed E-state index contributed by atoms with van der Waals surface area (Å²) in [4.78, 5) is 16.2. The van der Waals surface area contributed by atoms with Crippen LogP contribution < -0.4 is 10.6 Å². The fourth-order valence-corrected chi connectivity index (χ4v) is 3.41. The van der Waals surface area contributed by atoms with E-state index in [1.807, 2.05) is 12.1 Å². The molecule has 6 heteroatoms. The molecule has 0 radical (unpaired) electrons. The molecule has 0 atom stereocenters. The van der Waals surface area contributed by atoms with Crippen LogP contribution in [-0.4, -0.2) is 24.1 Å². The lowest BCUT2D eigenvalue weighted by Crippen LogP contribution is -2.37. The number of amides is 2. The van der Waals surface area contributed by atoms with Crippen LogP contribution in [0.15, 0.2) is 34.1 Å². The lowest BCUT2D eigenvalue weighted by atomic mass is 10.1. The molecule has 0 unspecified atom stereocenters. The molecule has 23 heavy (non-hydrogen) atoms. The van der Waals surface area contributed by atoms with Crippen LogP contribution in [0.3, 0.4) is 0 Å². The average Bonchev–Trinajstić information content (AvgIpc) is 3.00. The molecular formula is C17H22BrN3OS. The highest BCUT2D eigenvalue weighted by Gasteiger charge is 2.03. The van der Waals surface area contributed by atoms with Crippen molar-refractivity contribution in [1.82, 2.24) is 15.6 Å². The van der Waals surface area contributed by atoms with Gasteiger partial charge in [0.2, 0.25) is 0 Å². The van der Waals surface area contributed by atoms with E-state index in [-0.39, 0.29) is 6.03 Å². The number of carbonyl (C=O) groups excluding carboxylic acids is 1. The summed E-state index contributed by atoms with van der Waals surface area (Å²) in [6.07, 6.45) is 3.63. The van der Waals surface area contributed by atoms with Gasteiger partial charge in [-0.25, -0.2) is 9.78 Å². The van der Waals surface area contributed by atoms with Gasteiger partial charge in [-0.15, -0.1) is 11.3 Å². The number of aryl methyl sites for hydroxylation is 2. The highest BCUT2D eigenvalue weighted by atomic mass is 79.9. The molecule has 0 aliphatic rings. The first kappa shape index (κ1) is 17.9. The first-order valence-corrected chi connectivity index (χ1v) is 9.54. The summed E-state index contributed by atoms with van der Waals surface area (Å²) in [5, 5.41) is 8.98. The monoisotopic (exact) mass is 395 g/mol. The number of thiazole rings is 1. The van der Waals surface area contributed by atoms with Gasteiger partial charge in [-0.1, -0.05) is 35.0 Å². The minimum atomic E-state index is -0.106. The maximum atomic E-state index is 11.7. The summed E-state index contributed by atoms with van der Waals surface area (Å²) in [6, 6.07) is 8.15. The van der Waals surface area contributed by atoms with Gasteiger partial charge in [-0.05, 0) is 37.0 Å². The summed E-state index contributed by atoms with van der Waals surface area (Å²) >= 11 is 5.15. The summed E-state index contributed by atoms with van der Waals surface area (Å²) < 4.78 is 1.09. The first-order chi connectivity index (χ1) is 11.2. The average molecular weight is 396 g/mol. The molecule has 1 aromatic carbocycles. The number of rotatable bonds is 8. The van der Waals surface area contributed by atoms with Crippen molar-refractivity contribution in [2.75, 3.05) is 13.1 Å². The van der Waals surface area contributed by atoms with Crippen molar-refractivity contribution < 1.29 is 4.79 Å². The van der Waals surface area contributed by atoms with Crippen molar-refractivity contribution in [1.29, 1.82) is 0 Å². The van der Waals surface area contributed by atoms with Gasteiger partial charge in [0.25, 0.3) is 0 Å². The number of nitrogens with zero attached hydrogens (tertiary/aromatic N) is 1. The third-order valence-corrected chi connectivity index (χ3v) is 4.92. The molecule has 4 nitrogen and oxygen atoms in total. The normalized spacial score (nSPS) is 10.5. The molecule has 0 aliphatic heterocycles. The predicted molar refractivity (Wildman–Crippen MR) is 99.1 cm³/mol. The maximum absolute atomic E-state index is 11.7. The number of carbonyl (C=O) groups is 1. The van der Waals surface area contributed by atoms with Gasteiger partial charge in [0, 0.05) is 29.4 Å². The van der Waals surface area contributed by atoms with Crippen molar-refractivity contribution in [3.05, 3.63) is 50.4 Å². The lowest BCUT2D eigenvalue weighted by Gasteiger charge is -2.07. The van der Waals surface area contributed by atoms with Crippen LogP contribution in [0.5, 0.6) is 0 Å². The fourth-order valence-electron chi connectivity index (χ4n) is 2.18. The zero-order valence-electron chi connectivity index (χ0n) is 13.3. The second-order valence-electron chi connectivity index (χ2n) is 5.25. The third kappa shape index (κ3) is 6.71. The van der Waals surface area contributed by atoms with Gasteiger partial charge in [-0.2, -0.15) is 0 Å². The SMILES string of the molecule is CCc1nc(CCNC(=O)NCCCc2cccc(Br)c2)cs1. The van der Waals surface area contributed by atoms with E-state index in [1.54, 1.807) is 11.3 Å². The van der Waals surface area contributed by atoms with E-state index in [1.165, 1.54) is 5.56 Å². The molecule has 2 N–H and O–H groups in total. The Balaban J connectivity index is 1.56.